The van der Waals surface area contributed by atoms with Crippen LogP contribution in [0, 0.1) is 5.92 Å². The third kappa shape index (κ3) is 3.45. The highest BCUT2D eigenvalue weighted by atomic mass is 16.2. The summed E-state index contributed by atoms with van der Waals surface area (Å²) in [5.41, 5.74) is 2.51. The summed E-state index contributed by atoms with van der Waals surface area (Å²) in [5, 5.41) is 10.5. The monoisotopic (exact) mass is 406 g/mol. The van der Waals surface area contributed by atoms with Gasteiger partial charge in [-0.2, -0.15) is 4.98 Å². The molecule has 9 heteroatoms. The number of nitrogens with zero attached hydrogens (tertiary/aromatic N) is 5. The molecular formula is C21H26N8O. The number of aromatic nitrogens is 4. The average molecular weight is 406 g/mol. The van der Waals surface area contributed by atoms with E-state index in [1.807, 2.05) is 22.9 Å². The largest absolute Gasteiger partial charge is 0.368 e. The predicted molar refractivity (Wildman–Crippen MR) is 116 cm³/mol. The van der Waals surface area contributed by atoms with Crippen molar-refractivity contribution in [3.8, 4) is 0 Å². The second kappa shape index (κ2) is 7.56. The molecule has 5 heterocycles. The van der Waals surface area contributed by atoms with E-state index in [0.717, 1.165) is 42.9 Å². The topological polar surface area (TPSA) is 100 Å². The maximum atomic E-state index is 12.5. The van der Waals surface area contributed by atoms with Crippen LogP contribution >= 0.6 is 0 Å². The molecule has 1 fully saturated rings. The minimum atomic E-state index is -0.0578. The van der Waals surface area contributed by atoms with Gasteiger partial charge in [-0.15, -0.1) is 0 Å². The van der Waals surface area contributed by atoms with E-state index >= 15 is 0 Å². The molecule has 1 amide bonds. The molecule has 1 atom stereocenters. The lowest BCUT2D eigenvalue weighted by molar-refractivity contribution is 0.0885. The zero-order valence-corrected chi connectivity index (χ0v) is 17.2. The van der Waals surface area contributed by atoms with Crippen molar-refractivity contribution >= 4 is 34.4 Å². The van der Waals surface area contributed by atoms with Gasteiger partial charge in [0.15, 0.2) is 0 Å². The Kier molecular flexibility index (Phi) is 4.74. The van der Waals surface area contributed by atoms with Crippen LogP contribution in [0.3, 0.4) is 0 Å². The molecule has 0 aromatic carbocycles. The van der Waals surface area contributed by atoms with Crippen molar-refractivity contribution in [3.05, 3.63) is 36.3 Å². The second-order valence-electron chi connectivity index (χ2n) is 8.20. The van der Waals surface area contributed by atoms with Gasteiger partial charge in [0.2, 0.25) is 5.95 Å². The SMILES string of the molecule is CC(C)[C@@H]1Cn2c(cc3cnc(Nc4ccc(N5CCNCC5)cn4)nc32)C(=O)N1. The molecule has 0 aliphatic carbocycles. The van der Waals surface area contributed by atoms with Crippen molar-refractivity contribution in [3.63, 3.8) is 0 Å². The van der Waals surface area contributed by atoms with Crippen molar-refractivity contribution in [2.75, 3.05) is 36.4 Å². The number of fused-ring (bicyclic) bond motifs is 3. The van der Waals surface area contributed by atoms with Gasteiger partial charge in [0.25, 0.3) is 5.91 Å². The summed E-state index contributed by atoms with van der Waals surface area (Å²) >= 11 is 0. The highest BCUT2D eigenvalue weighted by Crippen LogP contribution is 2.25. The maximum absolute atomic E-state index is 12.5. The van der Waals surface area contributed by atoms with Gasteiger partial charge in [-0.1, -0.05) is 13.8 Å². The van der Waals surface area contributed by atoms with E-state index in [9.17, 15) is 4.79 Å². The fourth-order valence-electron chi connectivity index (χ4n) is 4.02. The van der Waals surface area contributed by atoms with Crippen LogP contribution in [0.15, 0.2) is 30.6 Å². The summed E-state index contributed by atoms with van der Waals surface area (Å²) in [4.78, 5) is 28.4. The fraction of sp³-hybridized carbons (Fsp3) is 0.429. The number of carbonyl (C=O) groups is 1. The number of pyridine rings is 1. The van der Waals surface area contributed by atoms with Gasteiger partial charge in [-0.05, 0) is 24.1 Å². The molecule has 5 rings (SSSR count). The van der Waals surface area contributed by atoms with E-state index in [0.29, 0.717) is 29.9 Å². The smallest absolute Gasteiger partial charge is 0.268 e. The molecule has 3 N–H and O–H groups in total. The molecular weight excluding hydrogens is 380 g/mol. The molecule has 1 saturated heterocycles. The lowest BCUT2D eigenvalue weighted by Gasteiger charge is -2.29. The van der Waals surface area contributed by atoms with Gasteiger partial charge < -0.3 is 25.4 Å². The first-order chi connectivity index (χ1) is 14.6. The van der Waals surface area contributed by atoms with Crippen LogP contribution in [0.4, 0.5) is 17.5 Å². The second-order valence-corrected chi connectivity index (χ2v) is 8.20. The minimum Gasteiger partial charge on any atom is -0.368 e. The molecule has 2 aliphatic rings. The Hall–Kier alpha value is -3.20. The van der Waals surface area contributed by atoms with Crippen LogP contribution in [-0.4, -0.2) is 57.6 Å². The third-order valence-corrected chi connectivity index (χ3v) is 5.84. The first-order valence-electron chi connectivity index (χ1n) is 10.4. The highest BCUT2D eigenvalue weighted by molar-refractivity contribution is 5.98. The number of anilines is 3. The molecule has 0 saturated carbocycles. The maximum Gasteiger partial charge on any atom is 0.268 e. The van der Waals surface area contributed by atoms with Crippen molar-refractivity contribution in [2.24, 2.45) is 5.92 Å². The fourth-order valence-corrected chi connectivity index (χ4v) is 4.02. The summed E-state index contributed by atoms with van der Waals surface area (Å²) in [7, 11) is 0. The first-order valence-corrected chi connectivity index (χ1v) is 10.4. The standard InChI is InChI=1S/C21H26N8O/c1-13(2)16-12-29-17(20(30)25-16)9-14-10-24-21(27-19(14)29)26-18-4-3-15(11-23-18)28-7-5-22-6-8-28/h3-4,9-11,13,16,22H,5-8,12H2,1-2H3,(H,25,30)(H,23,24,26,27)/t16-/m0/s1. The lowest BCUT2D eigenvalue weighted by Crippen LogP contribution is -2.46. The Balaban J connectivity index is 1.39. The van der Waals surface area contributed by atoms with Gasteiger partial charge in [-0.25, -0.2) is 9.97 Å². The van der Waals surface area contributed by atoms with E-state index in [1.54, 1.807) is 6.20 Å². The van der Waals surface area contributed by atoms with Gasteiger partial charge >= 0.3 is 0 Å². The molecule has 0 radical (unpaired) electrons. The average Bonchev–Trinajstić information content (AvgIpc) is 3.14. The zero-order valence-electron chi connectivity index (χ0n) is 17.2. The van der Waals surface area contributed by atoms with E-state index in [4.69, 9.17) is 0 Å². The van der Waals surface area contributed by atoms with Crippen molar-refractivity contribution in [1.29, 1.82) is 0 Å². The van der Waals surface area contributed by atoms with E-state index in [1.165, 1.54) is 0 Å². The number of amides is 1. The predicted octanol–water partition coefficient (Wildman–Crippen LogP) is 1.75. The summed E-state index contributed by atoms with van der Waals surface area (Å²) in [5.74, 6) is 1.45. The molecule has 0 bridgehead atoms. The molecule has 3 aromatic heterocycles. The minimum absolute atomic E-state index is 0.0578. The number of hydrogen-bond donors (Lipinski definition) is 3. The molecule has 2 aliphatic heterocycles. The van der Waals surface area contributed by atoms with Gasteiger partial charge in [-0.3, -0.25) is 4.79 Å². The Morgan fingerprint density at radius 2 is 2.00 bits per heavy atom. The van der Waals surface area contributed by atoms with Gasteiger partial charge in [0, 0.05) is 50.3 Å². The van der Waals surface area contributed by atoms with Crippen molar-refractivity contribution in [2.45, 2.75) is 26.4 Å². The Morgan fingerprint density at radius 1 is 1.17 bits per heavy atom. The number of piperazine rings is 1. The molecule has 9 nitrogen and oxygen atoms in total. The Bertz CT molecular complexity index is 1070. The van der Waals surface area contributed by atoms with Crippen molar-refractivity contribution in [1.82, 2.24) is 30.2 Å². The van der Waals surface area contributed by atoms with Crippen LogP contribution in [0.1, 0.15) is 24.3 Å². The normalized spacial score (nSPS) is 19.1. The number of nitrogens with one attached hydrogen (secondary N) is 3. The lowest BCUT2D eigenvalue weighted by atomic mass is 10.0. The number of hydrogen-bond acceptors (Lipinski definition) is 7. The quantitative estimate of drug-likeness (QED) is 0.607. The highest BCUT2D eigenvalue weighted by Gasteiger charge is 2.28. The van der Waals surface area contributed by atoms with Crippen molar-refractivity contribution < 1.29 is 4.79 Å². The van der Waals surface area contributed by atoms with Gasteiger partial charge in [0.1, 0.15) is 17.2 Å². The molecule has 0 unspecified atom stereocenters. The molecule has 3 aromatic rings. The van der Waals surface area contributed by atoms with Crippen LogP contribution < -0.4 is 20.9 Å². The van der Waals surface area contributed by atoms with E-state index in [-0.39, 0.29) is 11.9 Å². The van der Waals surface area contributed by atoms with Crippen LogP contribution in [0.25, 0.3) is 11.0 Å². The third-order valence-electron chi connectivity index (χ3n) is 5.84. The molecule has 30 heavy (non-hydrogen) atoms. The van der Waals surface area contributed by atoms with Crippen LogP contribution in [0.5, 0.6) is 0 Å². The summed E-state index contributed by atoms with van der Waals surface area (Å²) in [6.07, 6.45) is 3.63. The summed E-state index contributed by atoms with van der Waals surface area (Å²) in [6.45, 7) is 8.88. The Morgan fingerprint density at radius 3 is 2.73 bits per heavy atom. The van der Waals surface area contributed by atoms with E-state index in [2.05, 4.69) is 55.7 Å². The zero-order chi connectivity index (χ0) is 20.7. The first kappa shape index (κ1) is 18.8. The van der Waals surface area contributed by atoms with E-state index < -0.39 is 0 Å². The Labute approximate surface area is 174 Å². The molecule has 156 valence electrons. The van der Waals surface area contributed by atoms with Gasteiger partial charge in [0.05, 0.1) is 11.9 Å². The molecule has 0 spiro atoms. The summed E-state index contributed by atoms with van der Waals surface area (Å²) < 4.78 is 1.99. The van der Waals surface area contributed by atoms with Crippen LogP contribution in [-0.2, 0) is 6.54 Å². The number of rotatable bonds is 4. The number of carbonyl (C=O) groups excluding carboxylic acids is 1. The van der Waals surface area contributed by atoms with Crippen LogP contribution in [0.2, 0.25) is 0 Å². The summed E-state index contributed by atoms with van der Waals surface area (Å²) in [6, 6.07) is 5.95.